The van der Waals surface area contributed by atoms with E-state index in [0.29, 0.717) is 32.5 Å². The van der Waals surface area contributed by atoms with Crippen LogP contribution >= 0.6 is 0 Å². The maximum atomic E-state index is 13.9. The Morgan fingerprint density at radius 1 is 1.26 bits per heavy atom. The second-order valence-corrected chi connectivity index (χ2v) is 6.03. The van der Waals surface area contributed by atoms with Crippen LogP contribution in [0.3, 0.4) is 0 Å². The maximum Gasteiger partial charge on any atom is 0.303 e. The normalized spacial score (nSPS) is 18.7. The molecular formula is C15H24F4O4. The fourth-order valence-electron chi connectivity index (χ4n) is 2.45. The Hall–Kier alpha value is -0.890. The van der Waals surface area contributed by atoms with E-state index in [0.717, 1.165) is 19.8 Å². The number of esters is 1. The molecule has 0 bridgehead atoms. The molecule has 1 atom stereocenters. The SMILES string of the molecule is CC(=O)OC(COCCC1CCOCC1)C(F)(F)CC(C)(F)F. The summed E-state index contributed by atoms with van der Waals surface area (Å²) in [5.74, 6) is -7.98. The molecule has 0 radical (unpaired) electrons. The van der Waals surface area contributed by atoms with Crippen LogP contribution in [-0.4, -0.2) is 50.3 Å². The van der Waals surface area contributed by atoms with E-state index in [1.807, 2.05) is 0 Å². The van der Waals surface area contributed by atoms with Crippen molar-refractivity contribution in [1.82, 2.24) is 0 Å². The largest absolute Gasteiger partial charge is 0.454 e. The Balaban J connectivity index is 2.45. The molecule has 0 saturated carbocycles. The van der Waals surface area contributed by atoms with Gasteiger partial charge in [0.2, 0.25) is 0 Å². The highest BCUT2D eigenvalue weighted by atomic mass is 19.3. The number of hydrogen-bond donors (Lipinski definition) is 0. The van der Waals surface area contributed by atoms with E-state index in [1.54, 1.807) is 0 Å². The minimum Gasteiger partial charge on any atom is -0.454 e. The average molecular weight is 344 g/mol. The lowest BCUT2D eigenvalue weighted by molar-refractivity contribution is -0.199. The molecule has 0 spiro atoms. The topological polar surface area (TPSA) is 44.8 Å². The first-order chi connectivity index (χ1) is 10.6. The van der Waals surface area contributed by atoms with Crippen LogP contribution in [0, 0.1) is 5.92 Å². The molecule has 1 unspecified atom stereocenters. The van der Waals surface area contributed by atoms with Crippen molar-refractivity contribution >= 4 is 5.97 Å². The lowest BCUT2D eigenvalue weighted by Crippen LogP contribution is -2.44. The van der Waals surface area contributed by atoms with Gasteiger partial charge in [-0.1, -0.05) is 0 Å². The van der Waals surface area contributed by atoms with Crippen molar-refractivity contribution in [3.8, 4) is 0 Å². The van der Waals surface area contributed by atoms with Crippen molar-refractivity contribution in [2.45, 2.75) is 57.5 Å². The molecule has 0 aromatic carbocycles. The molecular weight excluding hydrogens is 320 g/mol. The summed E-state index contributed by atoms with van der Waals surface area (Å²) in [5, 5.41) is 0. The third-order valence-corrected chi connectivity index (χ3v) is 3.61. The quantitative estimate of drug-likeness (QED) is 0.365. The van der Waals surface area contributed by atoms with E-state index >= 15 is 0 Å². The molecule has 1 saturated heterocycles. The van der Waals surface area contributed by atoms with Gasteiger partial charge in [-0.15, -0.1) is 0 Å². The zero-order chi connectivity index (χ0) is 17.5. The molecule has 0 aromatic heterocycles. The summed E-state index contributed by atoms with van der Waals surface area (Å²) >= 11 is 0. The Bertz CT molecular complexity index is 365. The molecule has 0 N–H and O–H groups in total. The van der Waals surface area contributed by atoms with Gasteiger partial charge < -0.3 is 14.2 Å². The van der Waals surface area contributed by atoms with Gasteiger partial charge in [0, 0.05) is 26.7 Å². The fourth-order valence-corrected chi connectivity index (χ4v) is 2.45. The van der Waals surface area contributed by atoms with Gasteiger partial charge in [-0.05, 0) is 32.1 Å². The summed E-state index contributed by atoms with van der Waals surface area (Å²) in [4.78, 5) is 10.9. The molecule has 4 nitrogen and oxygen atoms in total. The third-order valence-electron chi connectivity index (χ3n) is 3.61. The van der Waals surface area contributed by atoms with E-state index in [4.69, 9.17) is 9.47 Å². The Kier molecular flexibility index (Phi) is 7.73. The van der Waals surface area contributed by atoms with Gasteiger partial charge in [0.1, 0.15) is 0 Å². The maximum absolute atomic E-state index is 13.9. The lowest BCUT2D eigenvalue weighted by Gasteiger charge is -2.28. The molecule has 136 valence electrons. The van der Waals surface area contributed by atoms with E-state index in [2.05, 4.69) is 4.74 Å². The van der Waals surface area contributed by atoms with Crippen molar-refractivity contribution in [3.63, 3.8) is 0 Å². The highest BCUT2D eigenvalue weighted by molar-refractivity contribution is 5.66. The van der Waals surface area contributed by atoms with Crippen LogP contribution in [0.1, 0.15) is 39.5 Å². The Labute approximate surface area is 133 Å². The van der Waals surface area contributed by atoms with Gasteiger partial charge in [0.15, 0.2) is 6.10 Å². The minimum atomic E-state index is -3.86. The highest BCUT2D eigenvalue weighted by Crippen LogP contribution is 2.34. The summed E-state index contributed by atoms with van der Waals surface area (Å²) in [6.45, 7) is 2.30. The van der Waals surface area contributed by atoms with Gasteiger partial charge in [-0.3, -0.25) is 4.79 Å². The molecule has 1 heterocycles. The number of rotatable bonds is 9. The first-order valence-electron chi connectivity index (χ1n) is 7.68. The first kappa shape index (κ1) is 20.2. The second kappa shape index (κ2) is 8.82. The van der Waals surface area contributed by atoms with E-state index in [1.165, 1.54) is 0 Å². The molecule has 0 amide bonds. The van der Waals surface area contributed by atoms with Crippen molar-refractivity contribution in [1.29, 1.82) is 0 Å². The van der Waals surface area contributed by atoms with Gasteiger partial charge in [0.25, 0.3) is 11.8 Å². The molecule has 0 aliphatic carbocycles. The first-order valence-corrected chi connectivity index (χ1v) is 7.68. The predicted molar refractivity (Wildman–Crippen MR) is 74.7 cm³/mol. The summed E-state index contributed by atoms with van der Waals surface area (Å²) in [6.07, 6.45) is -1.27. The monoisotopic (exact) mass is 344 g/mol. The minimum absolute atomic E-state index is 0.209. The van der Waals surface area contributed by atoms with Crippen LogP contribution < -0.4 is 0 Å². The van der Waals surface area contributed by atoms with Crippen LogP contribution in [0.25, 0.3) is 0 Å². The fraction of sp³-hybridized carbons (Fsp3) is 0.933. The number of carbonyl (C=O) groups is 1. The average Bonchev–Trinajstić information content (AvgIpc) is 2.40. The van der Waals surface area contributed by atoms with Crippen molar-refractivity contribution in [2.24, 2.45) is 5.92 Å². The van der Waals surface area contributed by atoms with E-state index < -0.39 is 36.9 Å². The Morgan fingerprint density at radius 3 is 2.39 bits per heavy atom. The van der Waals surface area contributed by atoms with E-state index in [9.17, 15) is 22.4 Å². The van der Waals surface area contributed by atoms with Gasteiger partial charge in [0.05, 0.1) is 13.0 Å². The summed E-state index contributed by atoms with van der Waals surface area (Å²) in [5.41, 5.74) is 0. The van der Waals surface area contributed by atoms with Crippen LogP contribution in [0.4, 0.5) is 17.6 Å². The smallest absolute Gasteiger partial charge is 0.303 e. The molecule has 1 rings (SSSR count). The second-order valence-electron chi connectivity index (χ2n) is 6.03. The molecule has 23 heavy (non-hydrogen) atoms. The van der Waals surface area contributed by atoms with Crippen LogP contribution in [-0.2, 0) is 19.0 Å². The highest BCUT2D eigenvalue weighted by Gasteiger charge is 2.48. The van der Waals surface area contributed by atoms with Crippen molar-refractivity contribution in [3.05, 3.63) is 0 Å². The number of halogens is 4. The molecule has 1 aliphatic heterocycles. The lowest BCUT2D eigenvalue weighted by atomic mass is 9.97. The van der Waals surface area contributed by atoms with Gasteiger partial charge >= 0.3 is 5.97 Å². The summed E-state index contributed by atoms with van der Waals surface area (Å²) in [7, 11) is 0. The van der Waals surface area contributed by atoms with Gasteiger partial charge in [-0.25, -0.2) is 17.6 Å². The molecule has 8 heteroatoms. The third kappa shape index (κ3) is 8.50. The molecule has 0 aromatic rings. The van der Waals surface area contributed by atoms with Gasteiger partial charge in [-0.2, -0.15) is 0 Å². The summed E-state index contributed by atoms with van der Waals surface area (Å²) < 4.78 is 68.3. The Morgan fingerprint density at radius 2 is 1.87 bits per heavy atom. The van der Waals surface area contributed by atoms with E-state index in [-0.39, 0.29) is 6.61 Å². The van der Waals surface area contributed by atoms with Crippen LogP contribution in [0.15, 0.2) is 0 Å². The zero-order valence-corrected chi connectivity index (χ0v) is 13.5. The van der Waals surface area contributed by atoms with Crippen molar-refractivity contribution < 1.29 is 36.6 Å². The number of hydrogen-bond acceptors (Lipinski definition) is 4. The predicted octanol–water partition coefficient (Wildman–Crippen LogP) is 3.43. The number of ether oxygens (including phenoxy) is 3. The van der Waals surface area contributed by atoms with Crippen molar-refractivity contribution in [2.75, 3.05) is 26.4 Å². The number of carbonyl (C=O) groups excluding carboxylic acids is 1. The van der Waals surface area contributed by atoms with Crippen LogP contribution in [0.5, 0.6) is 0 Å². The molecule has 1 fully saturated rings. The standard InChI is InChI=1S/C15H24F4O4/c1-11(20)23-13(15(18,19)10-14(2,16)17)9-22-8-5-12-3-6-21-7-4-12/h12-13H,3-10H2,1-2H3. The molecule has 1 aliphatic rings. The number of alkyl halides is 4. The zero-order valence-electron chi connectivity index (χ0n) is 13.5. The van der Waals surface area contributed by atoms with Crippen LogP contribution in [0.2, 0.25) is 0 Å². The summed E-state index contributed by atoms with van der Waals surface area (Å²) in [6, 6.07) is 0.